The van der Waals surface area contributed by atoms with Crippen molar-refractivity contribution >= 4 is 5.91 Å². The lowest BCUT2D eigenvalue weighted by Crippen LogP contribution is -2.42. The van der Waals surface area contributed by atoms with Gasteiger partial charge in [-0.2, -0.15) is 0 Å². The van der Waals surface area contributed by atoms with Gasteiger partial charge < -0.3 is 20.1 Å². The van der Waals surface area contributed by atoms with E-state index in [4.69, 9.17) is 9.47 Å². The Kier molecular flexibility index (Phi) is 5.60. The molecule has 0 aromatic heterocycles. The summed E-state index contributed by atoms with van der Waals surface area (Å²) in [5.41, 5.74) is 0. The van der Waals surface area contributed by atoms with Crippen LogP contribution >= 0.6 is 0 Å². The molecule has 0 aromatic rings. The van der Waals surface area contributed by atoms with E-state index in [9.17, 15) is 4.79 Å². The van der Waals surface area contributed by atoms with E-state index < -0.39 is 0 Å². The molecule has 1 fully saturated rings. The molecule has 0 saturated carbocycles. The molecule has 0 aliphatic carbocycles. The van der Waals surface area contributed by atoms with Crippen LogP contribution in [0, 0.1) is 0 Å². The number of rotatable bonds is 5. The van der Waals surface area contributed by atoms with Gasteiger partial charge in [-0.15, -0.1) is 0 Å². The monoisotopic (exact) mass is 216 g/mol. The number of morpholine rings is 1. The van der Waals surface area contributed by atoms with E-state index in [1.165, 1.54) is 0 Å². The largest absolute Gasteiger partial charge is 0.373 e. The number of hydrogen-bond acceptors (Lipinski definition) is 4. The van der Waals surface area contributed by atoms with Gasteiger partial charge in [0.05, 0.1) is 19.3 Å². The van der Waals surface area contributed by atoms with Crippen LogP contribution in [0.2, 0.25) is 0 Å². The Morgan fingerprint density at radius 3 is 3.07 bits per heavy atom. The predicted octanol–water partition coefficient (Wildman–Crippen LogP) is -0.484. The highest BCUT2D eigenvalue weighted by atomic mass is 16.5. The van der Waals surface area contributed by atoms with Gasteiger partial charge in [0, 0.05) is 19.1 Å². The Labute approximate surface area is 90.5 Å². The minimum absolute atomic E-state index is 0.0746. The second kappa shape index (κ2) is 6.76. The molecule has 1 rings (SSSR count). The van der Waals surface area contributed by atoms with Crippen molar-refractivity contribution in [1.82, 2.24) is 10.6 Å². The smallest absolute Gasteiger partial charge is 0.246 e. The Bertz CT molecular complexity index is 191. The van der Waals surface area contributed by atoms with Gasteiger partial charge in [0.1, 0.15) is 6.61 Å². The molecule has 1 aliphatic heterocycles. The minimum Gasteiger partial charge on any atom is -0.373 e. The van der Waals surface area contributed by atoms with Crippen LogP contribution in [0.25, 0.3) is 0 Å². The SMILES string of the molecule is CC(C)NC(=O)COCC1CNCCO1. The topological polar surface area (TPSA) is 59.6 Å². The second-order valence-corrected chi connectivity index (χ2v) is 3.93. The van der Waals surface area contributed by atoms with Crippen LogP contribution in [-0.4, -0.2) is 51.0 Å². The van der Waals surface area contributed by atoms with Crippen molar-refractivity contribution < 1.29 is 14.3 Å². The average molecular weight is 216 g/mol. The average Bonchev–Trinajstić information content (AvgIpc) is 2.18. The molecule has 0 radical (unpaired) electrons. The zero-order valence-corrected chi connectivity index (χ0v) is 9.41. The second-order valence-electron chi connectivity index (χ2n) is 3.93. The highest BCUT2D eigenvalue weighted by Crippen LogP contribution is 1.96. The van der Waals surface area contributed by atoms with E-state index in [-0.39, 0.29) is 24.7 Å². The molecule has 2 N–H and O–H groups in total. The first-order valence-corrected chi connectivity index (χ1v) is 5.38. The van der Waals surface area contributed by atoms with E-state index >= 15 is 0 Å². The van der Waals surface area contributed by atoms with E-state index in [1.807, 2.05) is 13.8 Å². The van der Waals surface area contributed by atoms with E-state index in [2.05, 4.69) is 10.6 Å². The maximum absolute atomic E-state index is 11.2. The number of nitrogens with one attached hydrogen (secondary N) is 2. The van der Waals surface area contributed by atoms with Crippen LogP contribution in [0.1, 0.15) is 13.8 Å². The van der Waals surface area contributed by atoms with Crippen molar-refractivity contribution in [3.05, 3.63) is 0 Å². The first kappa shape index (κ1) is 12.4. The summed E-state index contributed by atoms with van der Waals surface area (Å²) in [6.07, 6.45) is 0.0746. The Morgan fingerprint density at radius 2 is 2.47 bits per heavy atom. The molecular weight excluding hydrogens is 196 g/mol. The third-order valence-corrected chi connectivity index (χ3v) is 1.99. The zero-order valence-electron chi connectivity index (χ0n) is 9.41. The maximum Gasteiger partial charge on any atom is 0.246 e. The Balaban J connectivity index is 2.02. The Hall–Kier alpha value is -0.650. The van der Waals surface area contributed by atoms with Crippen LogP contribution < -0.4 is 10.6 Å². The zero-order chi connectivity index (χ0) is 11.1. The Morgan fingerprint density at radius 1 is 1.67 bits per heavy atom. The molecular formula is C10H20N2O3. The molecule has 1 aliphatic rings. The fourth-order valence-corrected chi connectivity index (χ4v) is 1.37. The summed E-state index contributed by atoms with van der Waals surface area (Å²) in [5, 5.41) is 5.96. The minimum atomic E-state index is -0.0752. The van der Waals surface area contributed by atoms with Gasteiger partial charge >= 0.3 is 0 Å². The fourth-order valence-electron chi connectivity index (χ4n) is 1.37. The van der Waals surface area contributed by atoms with Gasteiger partial charge in [-0.3, -0.25) is 4.79 Å². The van der Waals surface area contributed by atoms with Gasteiger partial charge in [0.15, 0.2) is 0 Å². The molecule has 88 valence electrons. The maximum atomic E-state index is 11.2. The summed E-state index contributed by atoms with van der Waals surface area (Å²) in [5.74, 6) is -0.0752. The van der Waals surface area contributed by atoms with Crippen molar-refractivity contribution in [3.63, 3.8) is 0 Å². The fraction of sp³-hybridized carbons (Fsp3) is 0.900. The van der Waals surface area contributed by atoms with Crippen molar-refractivity contribution in [2.75, 3.05) is 32.9 Å². The lowest BCUT2D eigenvalue weighted by Gasteiger charge is -2.23. The number of carbonyl (C=O) groups excluding carboxylic acids is 1. The van der Waals surface area contributed by atoms with Crippen molar-refractivity contribution in [2.24, 2.45) is 0 Å². The molecule has 1 saturated heterocycles. The van der Waals surface area contributed by atoms with Crippen LogP contribution in [-0.2, 0) is 14.3 Å². The van der Waals surface area contributed by atoms with Crippen LogP contribution in [0.15, 0.2) is 0 Å². The highest BCUT2D eigenvalue weighted by molar-refractivity contribution is 5.77. The number of amides is 1. The molecule has 1 unspecified atom stereocenters. The summed E-state index contributed by atoms with van der Waals surface area (Å²) >= 11 is 0. The van der Waals surface area contributed by atoms with E-state index in [0.29, 0.717) is 13.2 Å². The van der Waals surface area contributed by atoms with Gasteiger partial charge in [0.25, 0.3) is 0 Å². The van der Waals surface area contributed by atoms with Gasteiger partial charge in [0.2, 0.25) is 5.91 Å². The number of hydrogen-bond donors (Lipinski definition) is 2. The van der Waals surface area contributed by atoms with E-state index in [1.54, 1.807) is 0 Å². The van der Waals surface area contributed by atoms with Crippen LogP contribution in [0.5, 0.6) is 0 Å². The molecule has 1 heterocycles. The van der Waals surface area contributed by atoms with Gasteiger partial charge in [-0.05, 0) is 13.8 Å². The molecule has 5 heteroatoms. The van der Waals surface area contributed by atoms with Crippen molar-refractivity contribution in [2.45, 2.75) is 26.0 Å². The van der Waals surface area contributed by atoms with E-state index in [0.717, 1.165) is 13.1 Å². The summed E-state index contributed by atoms with van der Waals surface area (Å²) in [6, 6.07) is 0.161. The van der Waals surface area contributed by atoms with Crippen LogP contribution in [0.4, 0.5) is 0 Å². The molecule has 0 spiro atoms. The standard InChI is InChI=1S/C10H20N2O3/c1-8(2)12-10(13)7-14-6-9-5-11-3-4-15-9/h8-9,11H,3-7H2,1-2H3,(H,12,13). The summed E-state index contributed by atoms with van der Waals surface area (Å²) in [6.45, 7) is 6.83. The number of carbonyl (C=O) groups is 1. The van der Waals surface area contributed by atoms with Gasteiger partial charge in [-0.1, -0.05) is 0 Å². The predicted molar refractivity (Wildman–Crippen MR) is 56.7 cm³/mol. The highest BCUT2D eigenvalue weighted by Gasteiger charge is 2.13. The van der Waals surface area contributed by atoms with Crippen molar-refractivity contribution in [1.29, 1.82) is 0 Å². The normalized spacial score (nSPS) is 21.7. The third-order valence-electron chi connectivity index (χ3n) is 1.99. The summed E-state index contributed by atoms with van der Waals surface area (Å²) < 4.78 is 10.7. The first-order valence-electron chi connectivity index (χ1n) is 5.38. The molecule has 1 atom stereocenters. The lowest BCUT2D eigenvalue weighted by molar-refractivity contribution is -0.128. The molecule has 1 amide bonds. The third kappa shape index (κ3) is 5.71. The summed E-state index contributed by atoms with van der Waals surface area (Å²) in [4.78, 5) is 11.2. The van der Waals surface area contributed by atoms with Crippen LogP contribution in [0.3, 0.4) is 0 Å². The first-order chi connectivity index (χ1) is 7.18. The quantitative estimate of drug-likeness (QED) is 0.651. The molecule has 5 nitrogen and oxygen atoms in total. The molecule has 0 bridgehead atoms. The molecule has 15 heavy (non-hydrogen) atoms. The van der Waals surface area contributed by atoms with Gasteiger partial charge in [-0.25, -0.2) is 0 Å². The van der Waals surface area contributed by atoms with Crippen molar-refractivity contribution in [3.8, 4) is 0 Å². The lowest BCUT2D eigenvalue weighted by atomic mass is 10.3. The summed E-state index contributed by atoms with van der Waals surface area (Å²) in [7, 11) is 0. The molecule has 0 aromatic carbocycles. The number of ether oxygens (including phenoxy) is 2.